The van der Waals surface area contributed by atoms with Crippen molar-refractivity contribution < 1.29 is 4.39 Å². The summed E-state index contributed by atoms with van der Waals surface area (Å²) >= 11 is 0. The molecule has 23 heavy (non-hydrogen) atoms. The summed E-state index contributed by atoms with van der Waals surface area (Å²) in [5.74, 6) is -0.244. The molecule has 5 nitrogen and oxygen atoms in total. The van der Waals surface area contributed by atoms with E-state index >= 15 is 0 Å². The zero-order chi connectivity index (χ0) is 16.4. The summed E-state index contributed by atoms with van der Waals surface area (Å²) in [6, 6.07) is 8.50. The maximum absolute atomic E-state index is 13.0. The molecule has 2 heterocycles. The molecule has 120 valence electrons. The van der Waals surface area contributed by atoms with Crippen LogP contribution in [0.15, 0.2) is 36.5 Å². The molecule has 3 aromatic rings. The van der Waals surface area contributed by atoms with Crippen LogP contribution in [-0.2, 0) is 13.6 Å². The second kappa shape index (κ2) is 6.34. The Morgan fingerprint density at radius 1 is 1.30 bits per heavy atom. The lowest BCUT2D eigenvalue weighted by Crippen LogP contribution is -2.18. The summed E-state index contributed by atoms with van der Waals surface area (Å²) in [5, 5.41) is 15.0. The number of nitrogens with zero attached hydrogens (tertiary/aromatic N) is 3. The first-order valence-electron chi connectivity index (χ1n) is 7.56. The Labute approximate surface area is 134 Å². The lowest BCUT2D eigenvalue weighted by atomic mass is 10.1. The molecule has 0 aliphatic carbocycles. The smallest absolute Gasteiger partial charge is 0.123 e. The quantitative estimate of drug-likeness (QED) is 0.761. The van der Waals surface area contributed by atoms with Gasteiger partial charge in [0.05, 0.1) is 11.9 Å². The van der Waals surface area contributed by atoms with Crippen LogP contribution in [0.1, 0.15) is 29.9 Å². The molecule has 3 rings (SSSR count). The van der Waals surface area contributed by atoms with Crippen LogP contribution in [0, 0.1) is 12.7 Å². The van der Waals surface area contributed by atoms with E-state index in [2.05, 4.69) is 34.5 Å². The van der Waals surface area contributed by atoms with Crippen LogP contribution in [0.3, 0.4) is 0 Å². The maximum Gasteiger partial charge on any atom is 0.123 e. The third kappa shape index (κ3) is 3.32. The number of rotatable bonds is 5. The van der Waals surface area contributed by atoms with E-state index in [4.69, 9.17) is 0 Å². The van der Waals surface area contributed by atoms with Gasteiger partial charge >= 0.3 is 0 Å². The van der Waals surface area contributed by atoms with Crippen LogP contribution in [0.5, 0.6) is 0 Å². The van der Waals surface area contributed by atoms with Crippen LogP contribution in [0.25, 0.3) is 11.3 Å². The molecule has 0 spiro atoms. The number of aryl methyl sites for hydroxylation is 1. The summed E-state index contributed by atoms with van der Waals surface area (Å²) in [5.41, 5.74) is 5.03. The van der Waals surface area contributed by atoms with Crippen molar-refractivity contribution in [2.75, 3.05) is 0 Å². The van der Waals surface area contributed by atoms with Crippen LogP contribution >= 0.6 is 0 Å². The Morgan fingerprint density at radius 3 is 2.70 bits per heavy atom. The molecule has 1 atom stereocenters. The van der Waals surface area contributed by atoms with Crippen LogP contribution in [0.2, 0.25) is 0 Å². The molecule has 2 aromatic heterocycles. The van der Waals surface area contributed by atoms with Crippen molar-refractivity contribution in [2.45, 2.75) is 26.4 Å². The van der Waals surface area contributed by atoms with Crippen molar-refractivity contribution in [3.05, 3.63) is 59.3 Å². The van der Waals surface area contributed by atoms with Gasteiger partial charge in [0.15, 0.2) is 0 Å². The normalized spacial score (nSPS) is 12.5. The van der Waals surface area contributed by atoms with Crippen molar-refractivity contribution in [3.63, 3.8) is 0 Å². The first-order valence-corrected chi connectivity index (χ1v) is 7.56. The number of nitrogens with one attached hydrogen (secondary N) is 2. The number of halogens is 1. The third-order valence-electron chi connectivity index (χ3n) is 4.11. The van der Waals surface area contributed by atoms with Crippen LogP contribution in [-0.4, -0.2) is 20.0 Å². The van der Waals surface area contributed by atoms with E-state index in [1.165, 1.54) is 17.7 Å². The SMILES string of the molecule is Cc1c(C(C)NCc2cc(-c3ccc(F)cc3)n[nH]2)cnn1C. The fourth-order valence-corrected chi connectivity index (χ4v) is 2.53. The fraction of sp³-hybridized carbons (Fsp3) is 0.294. The lowest BCUT2D eigenvalue weighted by Gasteiger charge is -2.12. The zero-order valence-corrected chi connectivity index (χ0v) is 13.5. The Kier molecular flexibility index (Phi) is 4.25. The average Bonchev–Trinajstić information content (AvgIpc) is 3.14. The molecule has 0 saturated heterocycles. The Hall–Kier alpha value is -2.47. The predicted octanol–water partition coefficient (Wildman–Crippen LogP) is 3.11. The molecule has 0 aliphatic rings. The standard InChI is InChI=1S/C17H20FN5/c1-11(16-10-20-23(3)12(16)2)19-9-15-8-17(22-21-15)13-4-6-14(18)7-5-13/h4-8,10-11,19H,9H2,1-3H3,(H,21,22). The monoisotopic (exact) mass is 313 g/mol. The summed E-state index contributed by atoms with van der Waals surface area (Å²) < 4.78 is 14.8. The third-order valence-corrected chi connectivity index (χ3v) is 4.11. The fourth-order valence-electron chi connectivity index (χ4n) is 2.53. The highest BCUT2D eigenvalue weighted by molar-refractivity contribution is 5.58. The van der Waals surface area contributed by atoms with Gasteiger partial charge in [0.2, 0.25) is 0 Å². The second-order valence-electron chi connectivity index (χ2n) is 5.70. The van der Waals surface area contributed by atoms with E-state index < -0.39 is 0 Å². The van der Waals surface area contributed by atoms with Crippen molar-refractivity contribution >= 4 is 0 Å². The number of aromatic amines is 1. The topological polar surface area (TPSA) is 58.5 Å². The van der Waals surface area contributed by atoms with Gasteiger partial charge in [-0.3, -0.25) is 9.78 Å². The highest BCUT2D eigenvalue weighted by Crippen LogP contribution is 2.19. The summed E-state index contributed by atoms with van der Waals surface area (Å²) in [7, 11) is 1.94. The number of benzene rings is 1. The van der Waals surface area contributed by atoms with Gasteiger partial charge in [-0.1, -0.05) is 0 Å². The van der Waals surface area contributed by atoms with Gasteiger partial charge in [-0.15, -0.1) is 0 Å². The number of hydrogen-bond acceptors (Lipinski definition) is 3. The van der Waals surface area contributed by atoms with Gasteiger partial charge < -0.3 is 5.32 Å². The summed E-state index contributed by atoms with van der Waals surface area (Å²) in [4.78, 5) is 0. The second-order valence-corrected chi connectivity index (χ2v) is 5.70. The molecule has 0 amide bonds. The molecule has 0 bridgehead atoms. The highest BCUT2D eigenvalue weighted by Gasteiger charge is 2.12. The van der Waals surface area contributed by atoms with Crippen molar-refractivity contribution in [1.82, 2.24) is 25.3 Å². The molecule has 1 aromatic carbocycles. The van der Waals surface area contributed by atoms with E-state index in [1.54, 1.807) is 12.1 Å². The van der Waals surface area contributed by atoms with Gasteiger partial charge in [-0.05, 0) is 44.2 Å². The molecular formula is C17H20FN5. The molecular weight excluding hydrogens is 293 g/mol. The van der Waals surface area contributed by atoms with E-state index in [0.29, 0.717) is 6.54 Å². The minimum absolute atomic E-state index is 0.196. The van der Waals surface area contributed by atoms with Crippen LogP contribution in [0.4, 0.5) is 4.39 Å². The average molecular weight is 313 g/mol. The minimum Gasteiger partial charge on any atom is -0.304 e. The first-order chi connectivity index (χ1) is 11.0. The highest BCUT2D eigenvalue weighted by atomic mass is 19.1. The zero-order valence-electron chi connectivity index (χ0n) is 13.5. The summed E-state index contributed by atoms with van der Waals surface area (Å²) in [6.07, 6.45) is 1.89. The molecule has 0 radical (unpaired) electrons. The number of hydrogen-bond donors (Lipinski definition) is 2. The van der Waals surface area contributed by atoms with Gasteiger partial charge in [0.1, 0.15) is 5.82 Å². The van der Waals surface area contributed by atoms with E-state index in [-0.39, 0.29) is 11.9 Å². The van der Waals surface area contributed by atoms with Gasteiger partial charge in [0.25, 0.3) is 0 Å². The largest absolute Gasteiger partial charge is 0.304 e. The molecule has 1 unspecified atom stereocenters. The molecule has 6 heteroatoms. The molecule has 0 aliphatic heterocycles. The number of H-pyrrole nitrogens is 1. The van der Waals surface area contributed by atoms with Crippen molar-refractivity contribution in [3.8, 4) is 11.3 Å². The molecule has 0 fully saturated rings. The van der Waals surface area contributed by atoms with E-state index in [1.807, 2.05) is 24.0 Å². The van der Waals surface area contributed by atoms with Gasteiger partial charge in [0, 0.05) is 42.1 Å². The lowest BCUT2D eigenvalue weighted by molar-refractivity contribution is 0.563. The van der Waals surface area contributed by atoms with Crippen molar-refractivity contribution in [2.24, 2.45) is 7.05 Å². The van der Waals surface area contributed by atoms with E-state index in [9.17, 15) is 4.39 Å². The van der Waals surface area contributed by atoms with E-state index in [0.717, 1.165) is 22.6 Å². The predicted molar refractivity (Wildman–Crippen MR) is 87.2 cm³/mol. The number of aromatic nitrogens is 4. The Morgan fingerprint density at radius 2 is 2.04 bits per heavy atom. The Balaban J connectivity index is 1.65. The minimum atomic E-state index is -0.244. The Bertz CT molecular complexity index is 788. The molecule has 0 saturated carbocycles. The maximum atomic E-state index is 13.0. The van der Waals surface area contributed by atoms with Crippen LogP contribution < -0.4 is 5.32 Å². The molecule has 2 N–H and O–H groups in total. The van der Waals surface area contributed by atoms with Gasteiger partial charge in [-0.25, -0.2) is 4.39 Å². The van der Waals surface area contributed by atoms with Crippen molar-refractivity contribution in [1.29, 1.82) is 0 Å². The first kappa shape index (κ1) is 15.4. The van der Waals surface area contributed by atoms with Gasteiger partial charge in [-0.2, -0.15) is 10.2 Å². The summed E-state index contributed by atoms with van der Waals surface area (Å²) in [6.45, 7) is 4.84.